The second-order valence-electron chi connectivity index (χ2n) is 4.04. The average Bonchev–Trinajstić information content (AvgIpc) is 3.31. The van der Waals surface area contributed by atoms with Crippen LogP contribution in [-0.4, -0.2) is 57.4 Å². The van der Waals surface area contributed by atoms with Crippen LogP contribution in [0, 0.1) is 10.1 Å². The van der Waals surface area contributed by atoms with Crippen LogP contribution >= 0.6 is 0 Å². The van der Waals surface area contributed by atoms with Crippen LogP contribution in [0.25, 0.3) is 0 Å². The minimum absolute atomic E-state index is 0.0230. The summed E-state index contributed by atoms with van der Waals surface area (Å²) in [6.07, 6.45) is 0. The van der Waals surface area contributed by atoms with E-state index in [9.17, 15) is 14.9 Å². The van der Waals surface area contributed by atoms with E-state index in [1.807, 2.05) is 6.79 Å². The predicted octanol–water partition coefficient (Wildman–Crippen LogP) is 1.28. The first-order valence-electron chi connectivity index (χ1n) is 6.21. The van der Waals surface area contributed by atoms with E-state index in [2.05, 4.69) is 21.4 Å². The van der Waals surface area contributed by atoms with E-state index < -0.39 is 4.92 Å². The van der Waals surface area contributed by atoms with Gasteiger partial charge in [-0.25, -0.2) is 0 Å². The Labute approximate surface area is 129 Å². The molecule has 8 nitrogen and oxygen atoms in total. The van der Waals surface area contributed by atoms with Gasteiger partial charge in [0.2, 0.25) is 0 Å². The number of benzene rings is 1. The summed E-state index contributed by atoms with van der Waals surface area (Å²) >= 11 is 0. The smallest absolute Gasteiger partial charge is 0.293 e. The Hall–Kier alpha value is -2.32. The molecule has 0 aliphatic carbocycles. The van der Waals surface area contributed by atoms with Crippen LogP contribution in [0.1, 0.15) is 5.56 Å². The molecular formula is C14H22N2O6. The number of hydrogen-bond acceptors (Lipinski definition) is 7. The lowest BCUT2D eigenvalue weighted by Gasteiger charge is -1.97. The van der Waals surface area contributed by atoms with E-state index in [0.717, 1.165) is 5.56 Å². The highest BCUT2D eigenvalue weighted by Gasteiger charge is 2.07. The Bertz CT molecular complexity index is 406. The Morgan fingerprint density at radius 2 is 1.68 bits per heavy atom. The molecule has 0 saturated carbocycles. The van der Waals surface area contributed by atoms with Crippen molar-refractivity contribution in [2.45, 2.75) is 6.61 Å². The van der Waals surface area contributed by atoms with Crippen LogP contribution < -0.4 is 0 Å². The first-order chi connectivity index (χ1) is 10.5. The van der Waals surface area contributed by atoms with Gasteiger partial charge < -0.3 is 19.2 Å². The van der Waals surface area contributed by atoms with Gasteiger partial charge in [0.1, 0.15) is 13.4 Å². The lowest BCUT2D eigenvalue weighted by Crippen LogP contribution is -1.91. The minimum Gasteiger partial charge on any atom is -0.463 e. The van der Waals surface area contributed by atoms with Crippen molar-refractivity contribution >= 4 is 18.9 Å². The molecule has 0 radical (unpaired) electrons. The summed E-state index contributed by atoms with van der Waals surface area (Å²) in [4.78, 5) is 29.8. The lowest BCUT2D eigenvalue weighted by atomic mass is 10.2. The highest BCUT2D eigenvalue weighted by atomic mass is 16.6. The van der Waals surface area contributed by atoms with E-state index in [4.69, 9.17) is 4.79 Å². The second-order valence-corrected chi connectivity index (χ2v) is 4.04. The van der Waals surface area contributed by atoms with Crippen molar-refractivity contribution < 1.29 is 24.0 Å². The molecule has 1 fully saturated rings. The first-order valence-corrected chi connectivity index (χ1v) is 6.21. The summed E-state index contributed by atoms with van der Waals surface area (Å²) in [7, 11) is 5.36. The number of non-ortho nitro benzene ring substituents is 1. The second kappa shape index (κ2) is 15.1. The number of methoxy groups -OCH3 is 1. The molecule has 22 heavy (non-hydrogen) atoms. The number of likely N-dealkylation sites (N-methyl/N-ethyl adjacent to an activating group) is 1. The van der Waals surface area contributed by atoms with Crippen LogP contribution in [-0.2, 0) is 25.7 Å². The Morgan fingerprint density at radius 3 is 1.95 bits per heavy atom. The molecule has 1 aromatic rings. The van der Waals surface area contributed by atoms with Gasteiger partial charge in [-0.1, -0.05) is 0 Å². The van der Waals surface area contributed by atoms with E-state index in [0.29, 0.717) is 6.47 Å². The summed E-state index contributed by atoms with van der Waals surface area (Å²) in [6, 6.07) is 5.82. The molecule has 0 amide bonds. The molecule has 0 atom stereocenters. The molecule has 1 heterocycles. The average molecular weight is 314 g/mol. The van der Waals surface area contributed by atoms with Crippen molar-refractivity contribution in [3.63, 3.8) is 0 Å². The van der Waals surface area contributed by atoms with Gasteiger partial charge in [0.05, 0.1) is 4.92 Å². The van der Waals surface area contributed by atoms with Gasteiger partial charge in [0.15, 0.2) is 0 Å². The normalized spacial score (nSPS) is 11.2. The summed E-state index contributed by atoms with van der Waals surface area (Å²) in [5, 5.41) is 10.2. The Morgan fingerprint density at radius 1 is 1.27 bits per heavy atom. The summed E-state index contributed by atoms with van der Waals surface area (Å²) in [6.45, 7) is 5.11. The summed E-state index contributed by atoms with van der Waals surface area (Å²) in [5.41, 5.74) is 0.743. The van der Waals surface area contributed by atoms with E-state index in [-0.39, 0.29) is 12.3 Å². The van der Waals surface area contributed by atoms with Crippen molar-refractivity contribution in [3.8, 4) is 0 Å². The molecule has 1 aromatic carbocycles. The number of rotatable bonds is 4. The largest absolute Gasteiger partial charge is 0.463 e. The third-order valence-corrected chi connectivity index (χ3v) is 2.14. The predicted molar refractivity (Wildman–Crippen MR) is 81.5 cm³/mol. The fraction of sp³-hybridized carbons (Fsp3) is 0.429. The maximum atomic E-state index is 10.2. The first kappa shape index (κ1) is 22.0. The molecule has 0 N–H and O–H groups in total. The number of nitro benzene ring substituents is 1. The van der Waals surface area contributed by atoms with Gasteiger partial charge in [-0.3, -0.25) is 14.9 Å². The SMILES string of the molecule is C=O.CN1CC1.COC.O=COCc1ccc([N+](=O)[O-])cc1. The van der Waals surface area contributed by atoms with E-state index in [1.165, 1.54) is 25.2 Å². The highest BCUT2D eigenvalue weighted by molar-refractivity contribution is 5.38. The van der Waals surface area contributed by atoms with Gasteiger partial charge in [0, 0.05) is 39.4 Å². The Kier molecular flexibility index (Phi) is 15.1. The molecule has 0 bridgehead atoms. The third kappa shape index (κ3) is 14.1. The van der Waals surface area contributed by atoms with Crippen molar-refractivity contribution in [3.05, 3.63) is 39.9 Å². The lowest BCUT2D eigenvalue weighted by molar-refractivity contribution is -0.384. The molecule has 1 aliphatic heterocycles. The molecule has 0 aromatic heterocycles. The molecule has 0 spiro atoms. The van der Waals surface area contributed by atoms with Crippen molar-refractivity contribution in [2.24, 2.45) is 0 Å². The monoisotopic (exact) mass is 314 g/mol. The third-order valence-electron chi connectivity index (χ3n) is 2.14. The highest BCUT2D eigenvalue weighted by Crippen LogP contribution is 2.11. The zero-order chi connectivity index (χ0) is 17.4. The number of hydrogen-bond donors (Lipinski definition) is 0. The zero-order valence-corrected chi connectivity index (χ0v) is 13.1. The maximum Gasteiger partial charge on any atom is 0.293 e. The van der Waals surface area contributed by atoms with Crippen LogP contribution in [0.15, 0.2) is 24.3 Å². The fourth-order valence-corrected chi connectivity index (χ4v) is 0.944. The van der Waals surface area contributed by atoms with Crippen molar-refractivity contribution in [1.82, 2.24) is 4.90 Å². The molecule has 1 aliphatic rings. The Balaban J connectivity index is 0. The topological polar surface area (TPSA) is 98.8 Å². The van der Waals surface area contributed by atoms with Gasteiger partial charge in [-0.2, -0.15) is 0 Å². The number of ether oxygens (including phenoxy) is 2. The number of nitrogens with zero attached hydrogens (tertiary/aromatic N) is 2. The molecular weight excluding hydrogens is 292 g/mol. The zero-order valence-electron chi connectivity index (χ0n) is 13.1. The van der Waals surface area contributed by atoms with Gasteiger partial charge in [0.25, 0.3) is 12.2 Å². The molecule has 2 rings (SSSR count). The van der Waals surface area contributed by atoms with Crippen LogP contribution in [0.4, 0.5) is 5.69 Å². The molecule has 124 valence electrons. The molecule has 8 heteroatoms. The quantitative estimate of drug-likeness (QED) is 0.357. The van der Waals surface area contributed by atoms with E-state index in [1.54, 1.807) is 26.4 Å². The van der Waals surface area contributed by atoms with E-state index >= 15 is 0 Å². The van der Waals surface area contributed by atoms with Crippen LogP contribution in [0.5, 0.6) is 0 Å². The summed E-state index contributed by atoms with van der Waals surface area (Å²) in [5.74, 6) is 0. The van der Waals surface area contributed by atoms with Crippen LogP contribution in [0.3, 0.4) is 0 Å². The number of carbonyl (C=O) groups is 2. The van der Waals surface area contributed by atoms with Gasteiger partial charge in [-0.05, 0) is 24.7 Å². The van der Waals surface area contributed by atoms with Gasteiger partial charge >= 0.3 is 0 Å². The maximum absolute atomic E-state index is 10.2. The van der Waals surface area contributed by atoms with Crippen molar-refractivity contribution in [2.75, 3.05) is 34.4 Å². The van der Waals surface area contributed by atoms with Crippen molar-refractivity contribution in [1.29, 1.82) is 0 Å². The summed E-state index contributed by atoms with van der Waals surface area (Å²) < 4.78 is 8.72. The standard InChI is InChI=1S/C8H7NO4.C3H7N.C2H6O.CH2O/c10-6-13-5-7-1-3-8(4-2-7)9(11)12;1-4-2-3-4;1-3-2;1-2/h1-4,6H,5H2;2-3H2,1H3;1-2H3;1H2. The minimum atomic E-state index is -0.482. The molecule has 1 saturated heterocycles. The fourth-order valence-electron chi connectivity index (χ4n) is 0.944. The molecule has 0 unspecified atom stereocenters. The van der Waals surface area contributed by atoms with Crippen LogP contribution in [0.2, 0.25) is 0 Å². The van der Waals surface area contributed by atoms with Gasteiger partial charge in [-0.15, -0.1) is 0 Å². The number of nitro groups is 1. The number of carbonyl (C=O) groups excluding carboxylic acids is 2.